The number of hydrogen-bond acceptors (Lipinski definition) is 7. The van der Waals surface area contributed by atoms with Crippen LogP contribution in [-0.4, -0.2) is 143 Å². The fourth-order valence-electron chi connectivity index (χ4n) is 7.77. The molecule has 0 spiro atoms. The van der Waals surface area contributed by atoms with Crippen LogP contribution >= 0.6 is 0 Å². The number of carbonyl (C=O) groups is 7. The number of hydrogen-bond donors (Lipinski definition) is 2. The second-order valence-electron chi connectivity index (χ2n) is 17.6. The lowest BCUT2D eigenvalue weighted by Gasteiger charge is -2.41. The molecule has 0 radical (unpaired) electrons. The van der Waals surface area contributed by atoms with Crippen molar-refractivity contribution in [3.05, 3.63) is 42.0 Å². The van der Waals surface area contributed by atoms with Gasteiger partial charge in [-0.15, -0.1) is 0 Å². The van der Waals surface area contributed by atoms with Gasteiger partial charge < -0.3 is 34.9 Å². The van der Waals surface area contributed by atoms with Crippen LogP contribution in [0.25, 0.3) is 6.08 Å². The van der Waals surface area contributed by atoms with E-state index in [4.69, 9.17) is 0 Å². The summed E-state index contributed by atoms with van der Waals surface area (Å²) in [6.45, 7) is 21.5. The summed E-state index contributed by atoms with van der Waals surface area (Å²) in [5.41, 5.74) is 0.832. The van der Waals surface area contributed by atoms with Crippen molar-refractivity contribution in [2.45, 2.75) is 126 Å². The van der Waals surface area contributed by atoms with Gasteiger partial charge in [0.2, 0.25) is 35.4 Å². The minimum Gasteiger partial charge on any atom is -0.480 e. The van der Waals surface area contributed by atoms with E-state index in [1.165, 1.54) is 58.8 Å². The highest BCUT2D eigenvalue weighted by Crippen LogP contribution is 2.24. The van der Waals surface area contributed by atoms with Crippen molar-refractivity contribution in [1.29, 1.82) is 0 Å². The quantitative estimate of drug-likeness (QED) is 0.168. The molecule has 1 aromatic carbocycles. The zero-order valence-corrected chi connectivity index (χ0v) is 38.7. The minimum atomic E-state index is -1.15. The number of amides is 6. The first-order chi connectivity index (χ1) is 27.3. The van der Waals surface area contributed by atoms with E-state index in [0.29, 0.717) is 6.42 Å². The lowest BCUT2D eigenvalue weighted by atomic mass is 9.92. The molecule has 0 heterocycles. The van der Waals surface area contributed by atoms with Gasteiger partial charge in [0.15, 0.2) is 0 Å². The molecule has 1 aromatic rings. The Morgan fingerprint density at radius 2 is 0.932 bits per heavy atom. The molecule has 0 bridgehead atoms. The molecule has 0 unspecified atom stereocenters. The average Bonchev–Trinajstić information content (AvgIpc) is 3.14. The Balaban J connectivity index is 3.47. The van der Waals surface area contributed by atoms with E-state index in [1.54, 1.807) is 54.7 Å². The molecule has 0 saturated carbocycles. The number of likely N-dealkylation sites (N-methyl/N-ethyl adjacent to an activating group) is 5. The van der Waals surface area contributed by atoms with Crippen LogP contribution in [0.3, 0.4) is 0 Å². The van der Waals surface area contributed by atoms with E-state index >= 15 is 0 Å². The van der Waals surface area contributed by atoms with E-state index in [-0.39, 0.29) is 23.7 Å². The van der Waals surface area contributed by atoms with Gasteiger partial charge in [0.05, 0.1) is 0 Å². The number of benzene rings is 1. The summed E-state index contributed by atoms with van der Waals surface area (Å²) in [5, 5.41) is 12.8. The average molecular weight is 827 g/mol. The second-order valence-corrected chi connectivity index (χ2v) is 17.6. The second kappa shape index (κ2) is 23.1. The number of aliphatic carboxylic acids is 1. The zero-order chi connectivity index (χ0) is 45.8. The Kier molecular flexibility index (Phi) is 20.5. The maximum atomic E-state index is 14.5. The van der Waals surface area contributed by atoms with Crippen LogP contribution in [0.4, 0.5) is 0 Å². The molecule has 0 fully saturated rings. The Bertz CT molecular complexity index is 1630. The summed E-state index contributed by atoms with van der Waals surface area (Å²) in [6, 6.07) is 3.17. The van der Waals surface area contributed by atoms with E-state index in [1.807, 2.05) is 71.9 Å². The summed E-state index contributed by atoms with van der Waals surface area (Å²) >= 11 is 0. The number of carbonyl (C=O) groups excluding carboxylic acids is 6. The molecule has 0 aromatic heterocycles. The van der Waals surface area contributed by atoms with Gasteiger partial charge in [-0.05, 0) is 47.1 Å². The SMILES string of the molecule is CC[C@H](C)[C@@H](C(=O)N(C)[C@H](C(=O)O)C(C)C)N(C)C(=O)[C@@H](NC(=O)[C@H](C(C)C)N(C)C(=O)[C@H](C(C)C)N(C)C(=O)[C@H](C(C)C)N(C)C(=O)/C=C/c1ccccc1)C(C)C. The maximum absolute atomic E-state index is 14.5. The fraction of sp³-hybridized carbons (Fsp3) is 0.667. The minimum absolute atomic E-state index is 0.299. The molecule has 0 aliphatic rings. The summed E-state index contributed by atoms with van der Waals surface area (Å²) in [6.07, 6.45) is 3.61. The van der Waals surface area contributed by atoms with Crippen molar-refractivity contribution in [2.75, 3.05) is 35.2 Å². The molecular formula is C45H74N6O8. The molecule has 0 aliphatic carbocycles. The van der Waals surface area contributed by atoms with Crippen LogP contribution in [0.15, 0.2) is 36.4 Å². The monoisotopic (exact) mass is 827 g/mol. The maximum Gasteiger partial charge on any atom is 0.326 e. The molecular weight excluding hydrogens is 753 g/mol. The standard InChI is InChI=1S/C45H74N6O8/c1-18-31(12)39(44(57)50(16)38(30(10)11)45(58)59)51(17)41(54)34(26(2)3)46-40(53)35(27(4)5)48(14)43(56)37(29(8)9)49(15)42(55)36(28(6)7)47(13)33(52)25-24-32-22-20-19-21-23-32/h19-31,34-39H,18H2,1-17H3,(H,46,53)(H,58,59)/b25-24+/t31-,34-,35-,36-,37-,38-,39-/m0/s1. The Hall–Kier alpha value is -4.75. The van der Waals surface area contributed by atoms with Crippen molar-refractivity contribution in [2.24, 2.45) is 35.5 Å². The Morgan fingerprint density at radius 1 is 0.542 bits per heavy atom. The number of carboxylic acid groups (broad SMARTS) is 1. The number of nitrogens with zero attached hydrogens (tertiary/aromatic N) is 5. The predicted octanol–water partition coefficient (Wildman–Crippen LogP) is 4.73. The summed E-state index contributed by atoms with van der Waals surface area (Å²) in [5.74, 6) is -6.35. The third-order valence-electron chi connectivity index (χ3n) is 11.3. The van der Waals surface area contributed by atoms with Crippen LogP contribution in [-0.2, 0) is 33.6 Å². The molecule has 7 atom stereocenters. The molecule has 0 aliphatic heterocycles. The molecule has 0 saturated heterocycles. The molecule has 6 amide bonds. The Morgan fingerprint density at radius 3 is 1.34 bits per heavy atom. The highest BCUT2D eigenvalue weighted by Gasteiger charge is 2.44. The van der Waals surface area contributed by atoms with Gasteiger partial charge in [0.1, 0.15) is 36.3 Å². The fourth-order valence-corrected chi connectivity index (χ4v) is 7.77. The van der Waals surface area contributed by atoms with E-state index in [9.17, 15) is 38.7 Å². The van der Waals surface area contributed by atoms with E-state index < -0.39 is 89.5 Å². The van der Waals surface area contributed by atoms with Crippen molar-refractivity contribution in [3.63, 3.8) is 0 Å². The smallest absolute Gasteiger partial charge is 0.326 e. The van der Waals surface area contributed by atoms with Gasteiger partial charge in [-0.2, -0.15) is 0 Å². The van der Waals surface area contributed by atoms with Gasteiger partial charge in [-0.25, -0.2) is 4.79 Å². The topological polar surface area (TPSA) is 168 Å². The van der Waals surface area contributed by atoms with Crippen LogP contribution in [0, 0.1) is 35.5 Å². The van der Waals surface area contributed by atoms with Gasteiger partial charge >= 0.3 is 5.97 Å². The third kappa shape index (κ3) is 13.4. The van der Waals surface area contributed by atoms with Gasteiger partial charge in [0, 0.05) is 41.3 Å². The van der Waals surface area contributed by atoms with Crippen LogP contribution < -0.4 is 5.32 Å². The van der Waals surface area contributed by atoms with E-state index in [2.05, 4.69) is 5.32 Å². The molecule has 14 nitrogen and oxygen atoms in total. The summed E-state index contributed by atoms with van der Waals surface area (Å²) in [7, 11) is 7.52. The lowest BCUT2D eigenvalue weighted by molar-refractivity contribution is -0.157. The van der Waals surface area contributed by atoms with Crippen molar-refractivity contribution in [3.8, 4) is 0 Å². The highest BCUT2D eigenvalue weighted by molar-refractivity contribution is 5.98. The highest BCUT2D eigenvalue weighted by atomic mass is 16.4. The van der Waals surface area contributed by atoms with Crippen molar-refractivity contribution in [1.82, 2.24) is 29.8 Å². The summed E-state index contributed by atoms with van der Waals surface area (Å²) < 4.78 is 0. The van der Waals surface area contributed by atoms with Gasteiger partial charge in [0.25, 0.3) is 0 Å². The molecule has 1 rings (SSSR count). The first-order valence-electron chi connectivity index (χ1n) is 20.9. The van der Waals surface area contributed by atoms with Crippen molar-refractivity contribution >= 4 is 47.5 Å². The number of rotatable bonds is 21. The van der Waals surface area contributed by atoms with Crippen LogP contribution in [0.1, 0.15) is 95.1 Å². The largest absolute Gasteiger partial charge is 0.480 e. The van der Waals surface area contributed by atoms with Crippen LogP contribution in [0.2, 0.25) is 0 Å². The normalized spacial score (nSPS) is 15.4. The zero-order valence-electron chi connectivity index (χ0n) is 38.7. The van der Waals surface area contributed by atoms with Crippen LogP contribution in [0.5, 0.6) is 0 Å². The van der Waals surface area contributed by atoms with Gasteiger partial charge in [-0.1, -0.05) is 120 Å². The molecule has 332 valence electrons. The van der Waals surface area contributed by atoms with E-state index in [0.717, 1.165) is 5.56 Å². The predicted molar refractivity (Wildman–Crippen MR) is 231 cm³/mol. The third-order valence-corrected chi connectivity index (χ3v) is 11.3. The molecule has 2 N–H and O–H groups in total. The summed E-state index contributed by atoms with van der Waals surface area (Å²) in [4.78, 5) is 103. The number of carboxylic acids is 1. The first kappa shape index (κ1) is 52.3. The Labute approximate surface area is 353 Å². The number of nitrogens with one attached hydrogen (secondary N) is 1. The first-order valence-corrected chi connectivity index (χ1v) is 20.9. The molecule has 59 heavy (non-hydrogen) atoms. The van der Waals surface area contributed by atoms with Crippen molar-refractivity contribution < 1.29 is 38.7 Å². The molecule has 14 heteroatoms. The lowest BCUT2D eigenvalue weighted by Crippen LogP contribution is -2.63. The van der Waals surface area contributed by atoms with Gasteiger partial charge in [-0.3, -0.25) is 28.8 Å².